The van der Waals surface area contributed by atoms with Gasteiger partial charge < -0.3 is 18.9 Å². The summed E-state index contributed by atoms with van der Waals surface area (Å²) in [5.74, 6) is -1.98. The Kier molecular flexibility index (Phi) is 10.4. The maximum Gasteiger partial charge on any atom is 0.337 e. The third-order valence-corrected chi connectivity index (χ3v) is 5.36. The first-order chi connectivity index (χ1) is 17.1. The second kappa shape index (κ2) is 13.2. The van der Waals surface area contributed by atoms with Gasteiger partial charge in [0.05, 0.1) is 50.7 Å². The van der Waals surface area contributed by atoms with Crippen molar-refractivity contribution in [2.45, 2.75) is 6.92 Å². The van der Waals surface area contributed by atoms with Gasteiger partial charge in [-0.05, 0) is 54.4 Å². The average molecular weight is 557 g/mol. The summed E-state index contributed by atoms with van der Waals surface area (Å²) in [5.41, 5.74) is 4.04. The van der Waals surface area contributed by atoms with Crippen LogP contribution in [0.4, 0.5) is 0 Å². The van der Waals surface area contributed by atoms with Crippen LogP contribution in [-0.4, -0.2) is 52.3 Å². The highest BCUT2D eigenvalue weighted by Gasteiger charge is 2.15. The summed E-state index contributed by atoms with van der Waals surface area (Å²) in [6, 6.07) is 17.2. The van der Waals surface area contributed by atoms with Crippen molar-refractivity contribution in [3.05, 3.63) is 93.0 Å². The highest BCUT2D eigenvalue weighted by molar-refractivity contribution is 9.10. The number of rotatable bonds is 5. The first kappa shape index (κ1) is 28.3. The van der Waals surface area contributed by atoms with Crippen molar-refractivity contribution in [2.24, 2.45) is 0 Å². The predicted molar refractivity (Wildman–Crippen MR) is 136 cm³/mol. The van der Waals surface area contributed by atoms with Gasteiger partial charge >= 0.3 is 23.9 Å². The van der Waals surface area contributed by atoms with Gasteiger partial charge in [0.25, 0.3) is 0 Å². The minimum absolute atomic E-state index is 0.298. The minimum Gasteiger partial charge on any atom is -0.465 e. The molecule has 3 aromatic rings. The van der Waals surface area contributed by atoms with Gasteiger partial charge in [0, 0.05) is 4.47 Å². The number of methoxy groups -OCH3 is 4. The molecule has 0 radical (unpaired) electrons. The van der Waals surface area contributed by atoms with E-state index in [1.165, 1.54) is 40.6 Å². The molecule has 9 heteroatoms. The Morgan fingerprint density at radius 2 is 0.861 bits per heavy atom. The zero-order chi connectivity index (χ0) is 26.8. The van der Waals surface area contributed by atoms with Gasteiger partial charge in [-0.25, -0.2) is 19.2 Å². The molecule has 0 fully saturated rings. The summed E-state index contributed by atoms with van der Waals surface area (Å²) in [4.78, 5) is 45.9. The fourth-order valence-electron chi connectivity index (χ4n) is 3.07. The number of benzene rings is 3. The van der Waals surface area contributed by atoms with E-state index in [0.29, 0.717) is 26.7 Å². The quantitative estimate of drug-likeness (QED) is 0.309. The molecule has 0 saturated heterocycles. The molecule has 8 nitrogen and oxygen atoms in total. The van der Waals surface area contributed by atoms with E-state index in [4.69, 9.17) is 9.47 Å². The van der Waals surface area contributed by atoms with Crippen LogP contribution in [0.15, 0.2) is 65.1 Å². The lowest BCUT2D eigenvalue weighted by molar-refractivity contribution is 0.0581. The number of carbonyl (C=O) groups excluding carboxylic acids is 4. The highest BCUT2D eigenvalue weighted by Crippen LogP contribution is 2.24. The smallest absolute Gasteiger partial charge is 0.337 e. The molecule has 3 aromatic carbocycles. The second-order valence-electron chi connectivity index (χ2n) is 7.36. The van der Waals surface area contributed by atoms with E-state index in [2.05, 4.69) is 25.4 Å². The Labute approximate surface area is 217 Å². The van der Waals surface area contributed by atoms with Gasteiger partial charge in [0.15, 0.2) is 0 Å². The lowest BCUT2D eigenvalue weighted by Gasteiger charge is -2.08. The van der Waals surface area contributed by atoms with Gasteiger partial charge in [-0.1, -0.05) is 45.8 Å². The number of halogens is 1. The predicted octanol–water partition coefficient (Wildman–Crippen LogP) is 5.26. The molecule has 0 N–H and O–H groups in total. The average Bonchev–Trinajstić information content (AvgIpc) is 2.91. The second-order valence-corrected chi connectivity index (χ2v) is 8.28. The van der Waals surface area contributed by atoms with Crippen LogP contribution in [-0.2, 0) is 18.9 Å². The molecule has 0 amide bonds. The van der Waals surface area contributed by atoms with Crippen LogP contribution in [0, 0.1) is 6.92 Å². The summed E-state index contributed by atoms with van der Waals surface area (Å²) >= 11 is 3.19. The Morgan fingerprint density at radius 3 is 1.19 bits per heavy atom. The molecular formula is C27H25BrO8. The van der Waals surface area contributed by atoms with Crippen LogP contribution >= 0.6 is 15.9 Å². The molecule has 0 aliphatic rings. The van der Waals surface area contributed by atoms with E-state index in [1.54, 1.807) is 24.3 Å². The molecule has 0 spiro atoms. The van der Waals surface area contributed by atoms with E-state index in [0.717, 1.165) is 16.7 Å². The van der Waals surface area contributed by atoms with Crippen molar-refractivity contribution in [1.82, 2.24) is 0 Å². The van der Waals surface area contributed by atoms with Gasteiger partial charge in [-0.15, -0.1) is 0 Å². The van der Waals surface area contributed by atoms with Gasteiger partial charge in [-0.3, -0.25) is 0 Å². The third-order valence-electron chi connectivity index (χ3n) is 4.90. The third kappa shape index (κ3) is 7.51. The van der Waals surface area contributed by atoms with Crippen molar-refractivity contribution >= 4 is 39.8 Å². The molecule has 0 bridgehead atoms. The maximum absolute atomic E-state index is 11.7. The van der Waals surface area contributed by atoms with E-state index in [-0.39, 0.29) is 0 Å². The van der Waals surface area contributed by atoms with Crippen LogP contribution in [0.2, 0.25) is 0 Å². The Morgan fingerprint density at radius 1 is 0.528 bits per heavy atom. The lowest BCUT2D eigenvalue weighted by Crippen LogP contribution is -2.07. The minimum atomic E-state index is -0.499. The molecular weight excluding hydrogens is 532 g/mol. The normalized spacial score (nSPS) is 9.83. The van der Waals surface area contributed by atoms with Crippen molar-refractivity contribution in [1.29, 1.82) is 0 Å². The molecule has 0 heterocycles. The van der Waals surface area contributed by atoms with Gasteiger partial charge in [-0.2, -0.15) is 0 Å². The molecule has 3 rings (SSSR count). The molecule has 36 heavy (non-hydrogen) atoms. The van der Waals surface area contributed by atoms with E-state index in [1.807, 2.05) is 31.2 Å². The lowest BCUT2D eigenvalue weighted by atomic mass is 9.99. The summed E-state index contributed by atoms with van der Waals surface area (Å²) in [6.45, 7) is 1.99. The van der Waals surface area contributed by atoms with E-state index in [9.17, 15) is 19.2 Å². The monoisotopic (exact) mass is 556 g/mol. The van der Waals surface area contributed by atoms with Crippen molar-refractivity contribution in [3.63, 3.8) is 0 Å². The van der Waals surface area contributed by atoms with Crippen molar-refractivity contribution in [2.75, 3.05) is 28.4 Å². The van der Waals surface area contributed by atoms with Crippen molar-refractivity contribution < 1.29 is 38.1 Å². The number of aryl methyl sites for hydroxylation is 1. The largest absolute Gasteiger partial charge is 0.465 e. The topological polar surface area (TPSA) is 105 Å². The summed E-state index contributed by atoms with van der Waals surface area (Å²) < 4.78 is 19.2. The summed E-state index contributed by atoms with van der Waals surface area (Å²) in [7, 11) is 5.17. The Hall–Kier alpha value is -3.98. The first-order valence-corrected chi connectivity index (χ1v) is 11.3. The zero-order valence-corrected chi connectivity index (χ0v) is 22.0. The first-order valence-electron chi connectivity index (χ1n) is 10.5. The highest BCUT2D eigenvalue weighted by atomic mass is 79.9. The van der Waals surface area contributed by atoms with Crippen LogP contribution in [0.25, 0.3) is 11.1 Å². The molecule has 0 aliphatic heterocycles. The summed E-state index contributed by atoms with van der Waals surface area (Å²) in [5, 5.41) is 0. The van der Waals surface area contributed by atoms with E-state index >= 15 is 0 Å². The molecule has 188 valence electrons. The SMILES string of the molecule is COC(=O)c1cc(Br)cc(C(=O)OC)c1.COC(=O)c1cc(C(=O)OC)cc(-c2ccc(C)cc2)c1. The number of ether oxygens (including phenoxy) is 4. The number of carbonyl (C=O) groups is 4. The van der Waals surface area contributed by atoms with Crippen LogP contribution in [0.1, 0.15) is 47.0 Å². The molecule has 0 aromatic heterocycles. The molecule has 0 aliphatic carbocycles. The van der Waals surface area contributed by atoms with Crippen molar-refractivity contribution in [3.8, 4) is 11.1 Å². The Bertz CT molecular complexity index is 1200. The number of esters is 4. The molecule has 0 unspecified atom stereocenters. The fourth-order valence-corrected chi connectivity index (χ4v) is 3.57. The standard InChI is InChI=1S/C17H16O4.C10H9BrO4/c1-11-4-6-12(7-5-11)13-8-14(16(18)20-2)10-15(9-13)17(19)21-3;1-14-9(12)6-3-7(10(13)15-2)5-8(11)4-6/h4-10H,1-3H3;3-5H,1-2H3. The van der Waals surface area contributed by atoms with Gasteiger partial charge in [0.2, 0.25) is 0 Å². The fraction of sp³-hybridized carbons (Fsp3) is 0.185. The molecule has 0 atom stereocenters. The van der Waals surface area contributed by atoms with Crippen LogP contribution in [0.3, 0.4) is 0 Å². The van der Waals surface area contributed by atoms with E-state index < -0.39 is 23.9 Å². The zero-order valence-electron chi connectivity index (χ0n) is 20.4. The molecule has 0 saturated carbocycles. The number of hydrogen-bond acceptors (Lipinski definition) is 8. The number of hydrogen-bond donors (Lipinski definition) is 0. The van der Waals surface area contributed by atoms with Crippen LogP contribution < -0.4 is 0 Å². The maximum atomic E-state index is 11.7. The summed E-state index contributed by atoms with van der Waals surface area (Å²) in [6.07, 6.45) is 0. The van der Waals surface area contributed by atoms with Gasteiger partial charge in [0.1, 0.15) is 0 Å². The Balaban J connectivity index is 0.000000269. The van der Waals surface area contributed by atoms with Crippen LogP contribution in [0.5, 0.6) is 0 Å².